The van der Waals surface area contributed by atoms with E-state index in [0.29, 0.717) is 11.7 Å². The highest BCUT2D eigenvalue weighted by Crippen LogP contribution is 2.30. The average molecular weight is 305 g/mol. The number of rotatable bonds is 8. The van der Waals surface area contributed by atoms with Gasteiger partial charge in [0.25, 0.3) is 0 Å². The average Bonchev–Trinajstić information content (AvgIpc) is 2.40. The van der Waals surface area contributed by atoms with Crippen molar-refractivity contribution in [3.63, 3.8) is 0 Å². The Hall–Kier alpha value is -1.53. The van der Waals surface area contributed by atoms with Crippen molar-refractivity contribution in [3.8, 4) is 5.88 Å². The number of nitrogens with one attached hydrogen (secondary N) is 1. The molecule has 7 heteroatoms. The summed E-state index contributed by atoms with van der Waals surface area (Å²) in [5, 5.41) is 3.19. The van der Waals surface area contributed by atoms with Gasteiger partial charge in [0.2, 0.25) is 5.88 Å². The van der Waals surface area contributed by atoms with E-state index in [1.165, 1.54) is 6.33 Å². The molecule has 1 aromatic heterocycles. The second-order valence-electron chi connectivity index (χ2n) is 5.09. The molecular formula is C14H22F3N3O. The van der Waals surface area contributed by atoms with Gasteiger partial charge in [0.05, 0.1) is 12.2 Å². The van der Waals surface area contributed by atoms with Crippen LogP contribution in [-0.2, 0) is 0 Å². The molecule has 0 atom stereocenters. The topological polar surface area (TPSA) is 47.0 Å². The number of anilines is 1. The Labute approximate surface area is 123 Å². The summed E-state index contributed by atoms with van der Waals surface area (Å²) in [6, 6.07) is 0. The first kappa shape index (κ1) is 17.5. The maximum Gasteiger partial charge on any atom is 0.389 e. The van der Waals surface area contributed by atoms with Crippen molar-refractivity contribution < 1.29 is 17.9 Å². The molecule has 0 aliphatic rings. The van der Waals surface area contributed by atoms with Gasteiger partial charge in [0, 0.05) is 13.0 Å². The van der Waals surface area contributed by atoms with Crippen molar-refractivity contribution in [2.75, 3.05) is 18.5 Å². The Balaban J connectivity index is 2.72. The van der Waals surface area contributed by atoms with Gasteiger partial charge in [-0.2, -0.15) is 13.2 Å². The van der Waals surface area contributed by atoms with Gasteiger partial charge in [0.1, 0.15) is 12.1 Å². The van der Waals surface area contributed by atoms with Crippen LogP contribution in [0.3, 0.4) is 0 Å². The maximum atomic E-state index is 12.1. The van der Waals surface area contributed by atoms with E-state index in [9.17, 15) is 13.2 Å². The molecule has 0 aromatic carbocycles. The zero-order valence-electron chi connectivity index (χ0n) is 12.6. The Kier molecular flexibility index (Phi) is 6.71. The number of alkyl halides is 3. The van der Waals surface area contributed by atoms with Crippen molar-refractivity contribution >= 4 is 5.82 Å². The van der Waals surface area contributed by atoms with Crippen molar-refractivity contribution in [1.82, 2.24) is 9.97 Å². The number of hydrogen-bond acceptors (Lipinski definition) is 4. The molecule has 0 spiro atoms. The van der Waals surface area contributed by atoms with Crippen LogP contribution in [0.25, 0.3) is 0 Å². The number of hydrogen-bond donors (Lipinski definition) is 1. The fraction of sp³-hybridized carbons (Fsp3) is 0.714. The van der Waals surface area contributed by atoms with Crippen molar-refractivity contribution in [2.24, 2.45) is 0 Å². The van der Waals surface area contributed by atoms with Crippen LogP contribution >= 0.6 is 0 Å². The monoisotopic (exact) mass is 305 g/mol. The first-order valence-corrected chi connectivity index (χ1v) is 7.13. The molecule has 1 aromatic rings. The summed E-state index contributed by atoms with van der Waals surface area (Å²) >= 11 is 0. The van der Waals surface area contributed by atoms with Crippen molar-refractivity contribution in [3.05, 3.63) is 11.9 Å². The summed E-state index contributed by atoms with van der Waals surface area (Å²) in [7, 11) is 0. The molecule has 1 heterocycles. The third-order valence-corrected chi connectivity index (χ3v) is 2.81. The largest absolute Gasteiger partial charge is 0.477 e. The van der Waals surface area contributed by atoms with Crippen molar-refractivity contribution in [1.29, 1.82) is 0 Å². The lowest BCUT2D eigenvalue weighted by atomic mass is 10.1. The van der Waals surface area contributed by atoms with Crippen LogP contribution in [0.5, 0.6) is 5.88 Å². The lowest BCUT2D eigenvalue weighted by Crippen LogP contribution is -2.12. The van der Waals surface area contributed by atoms with Gasteiger partial charge in [-0.1, -0.05) is 20.8 Å². The highest BCUT2D eigenvalue weighted by atomic mass is 19.4. The van der Waals surface area contributed by atoms with Gasteiger partial charge in [-0.25, -0.2) is 9.97 Å². The summed E-state index contributed by atoms with van der Waals surface area (Å²) in [6.45, 7) is 6.74. The van der Waals surface area contributed by atoms with Crippen LogP contribution in [0, 0.1) is 0 Å². The third kappa shape index (κ3) is 6.18. The minimum absolute atomic E-state index is 0.0105. The van der Waals surface area contributed by atoms with Gasteiger partial charge in [-0.15, -0.1) is 0 Å². The fourth-order valence-corrected chi connectivity index (χ4v) is 1.84. The highest BCUT2D eigenvalue weighted by molar-refractivity contribution is 5.50. The summed E-state index contributed by atoms with van der Waals surface area (Å²) in [5.74, 6) is 1.16. The quantitative estimate of drug-likeness (QED) is 0.733. The second kappa shape index (κ2) is 8.05. The molecule has 0 radical (unpaired) electrons. The number of nitrogens with zero attached hydrogens (tertiary/aromatic N) is 2. The van der Waals surface area contributed by atoms with Gasteiger partial charge in [-0.05, 0) is 18.8 Å². The predicted molar refractivity (Wildman–Crippen MR) is 75.7 cm³/mol. The zero-order valence-corrected chi connectivity index (χ0v) is 12.6. The lowest BCUT2D eigenvalue weighted by Gasteiger charge is -2.17. The summed E-state index contributed by atoms with van der Waals surface area (Å²) in [6.07, 6.45) is -2.77. The molecule has 0 fully saturated rings. The van der Waals surface area contributed by atoms with E-state index < -0.39 is 12.6 Å². The van der Waals surface area contributed by atoms with Crippen LogP contribution in [0.15, 0.2) is 6.33 Å². The van der Waals surface area contributed by atoms with Crippen molar-refractivity contribution in [2.45, 2.75) is 52.1 Å². The summed E-state index contributed by atoms with van der Waals surface area (Å²) < 4.78 is 41.7. The highest BCUT2D eigenvalue weighted by Gasteiger charge is 2.26. The van der Waals surface area contributed by atoms with E-state index >= 15 is 0 Å². The first-order valence-electron chi connectivity index (χ1n) is 7.13. The Morgan fingerprint density at radius 3 is 2.57 bits per heavy atom. The van der Waals surface area contributed by atoms with Crippen LogP contribution in [0.4, 0.5) is 19.0 Å². The van der Waals surface area contributed by atoms with Crippen LogP contribution in [-0.4, -0.2) is 29.3 Å². The molecule has 1 N–H and O–H groups in total. The molecule has 1 rings (SSSR count). The third-order valence-electron chi connectivity index (χ3n) is 2.81. The Morgan fingerprint density at radius 1 is 1.29 bits per heavy atom. The molecule has 4 nitrogen and oxygen atoms in total. The van der Waals surface area contributed by atoms with Gasteiger partial charge in [0.15, 0.2) is 0 Å². The molecule has 0 saturated heterocycles. The minimum Gasteiger partial charge on any atom is -0.477 e. The van der Waals surface area contributed by atoms with E-state index in [1.807, 2.05) is 20.8 Å². The van der Waals surface area contributed by atoms with E-state index in [0.717, 1.165) is 18.5 Å². The van der Waals surface area contributed by atoms with E-state index in [1.54, 1.807) is 0 Å². The fourth-order valence-electron chi connectivity index (χ4n) is 1.84. The maximum absolute atomic E-state index is 12.1. The number of halogens is 3. The van der Waals surface area contributed by atoms with Gasteiger partial charge >= 0.3 is 6.18 Å². The van der Waals surface area contributed by atoms with Crippen LogP contribution < -0.4 is 10.1 Å². The Bertz CT molecular complexity index is 436. The summed E-state index contributed by atoms with van der Waals surface area (Å²) in [4.78, 5) is 8.23. The molecule has 21 heavy (non-hydrogen) atoms. The number of ether oxygens (including phenoxy) is 1. The Morgan fingerprint density at radius 2 is 2.00 bits per heavy atom. The normalized spacial score (nSPS) is 11.8. The van der Waals surface area contributed by atoms with E-state index in [-0.39, 0.29) is 18.9 Å². The smallest absolute Gasteiger partial charge is 0.389 e. The van der Waals surface area contributed by atoms with Gasteiger partial charge in [-0.3, -0.25) is 0 Å². The molecule has 0 saturated carbocycles. The van der Waals surface area contributed by atoms with E-state index in [2.05, 4.69) is 15.3 Å². The van der Waals surface area contributed by atoms with E-state index in [4.69, 9.17) is 4.74 Å². The van der Waals surface area contributed by atoms with Crippen LogP contribution in [0.1, 0.15) is 51.5 Å². The molecule has 120 valence electrons. The lowest BCUT2D eigenvalue weighted by molar-refractivity contribution is -0.136. The number of aromatic nitrogens is 2. The standard InChI is InChI=1S/C14H22F3N3O/c1-4-7-18-12-11(10(2)3)13(20-9-19-12)21-8-5-6-14(15,16)17/h9-10H,4-8H2,1-3H3,(H,18,19,20). The second-order valence-corrected chi connectivity index (χ2v) is 5.09. The summed E-state index contributed by atoms with van der Waals surface area (Å²) in [5.41, 5.74) is 0.804. The zero-order chi connectivity index (χ0) is 15.9. The molecular weight excluding hydrogens is 283 g/mol. The van der Waals surface area contributed by atoms with Crippen LogP contribution in [0.2, 0.25) is 0 Å². The SMILES string of the molecule is CCCNc1ncnc(OCCCC(F)(F)F)c1C(C)C. The predicted octanol–water partition coefficient (Wildman–Crippen LogP) is 4.14. The molecule has 0 aliphatic heterocycles. The minimum atomic E-state index is -4.15. The first-order chi connectivity index (χ1) is 9.85. The molecule has 0 amide bonds. The molecule has 0 bridgehead atoms. The molecule has 0 aliphatic carbocycles. The van der Waals surface area contributed by atoms with Gasteiger partial charge < -0.3 is 10.1 Å². The molecule has 0 unspecified atom stereocenters.